The SMILES string of the molecule is O=Cc1ccc2c(c1[N+](=O)[O-])CCC[C@H]2NC(=O)C(F)(F)F. The summed E-state index contributed by atoms with van der Waals surface area (Å²) in [5.74, 6) is -2.09. The summed E-state index contributed by atoms with van der Waals surface area (Å²) in [6, 6.07) is 1.58. The fourth-order valence-electron chi connectivity index (χ4n) is 2.60. The van der Waals surface area contributed by atoms with Crippen LogP contribution in [0.1, 0.15) is 40.4 Å². The molecule has 0 heterocycles. The van der Waals surface area contributed by atoms with Crippen LogP contribution in [0, 0.1) is 10.1 Å². The van der Waals surface area contributed by atoms with E-state index in [0.29, 0.717) is 12.7 Å². The first kappa shape index (κ1) is 15.9. The summed E-state index contributed by atoms with van der Waals surface area (Å²) < 4.78 is 37.0. The normalized spacial score (nSPS) is 17.5. The second kappa shape index (κ2) is 5.74. The van der Waals surface area contributed by atoms with Crippen LogP contribution in [0.5, 0.6) is 0 Å². The lowest BCUT2D eigenvalue weighted by Crippen LogP contribution is -2.40. The number of rotatable bonds is 3. The van der Waals surface area contributed by atoms with Crippen LogP contribution in [0.2, 0.25) is 0 Å². The number of alkyl halides is 3. The molecule has 1 amide bonds. The van der Waals surface area contributed by atoms with Gasteiger partial charge >= 0.3 is 12.1 Å². The molecule has 22 heavy (non-hydrogen) atoms. The number of nitrogens with zero attached hydrogens (tertiary/aromatic N) is 1. The second-order valence-corrected chi connectivity index (χ2v) is 4.86. The van der Waals surface area contributed by atoms with Crippen LogP contribution in [0.25, 0.3) is 0 Å². The largest absolute Gasteiger partial charge is 0.471 e. The number of amides is 1. The zero-order valence-corrected chi connectivity index (χ0v) is 11.1. The van der Waals surface area contributed by atoms with Crippen molar-refractivity contribution in [3.05, 3.63) is 38.9 Å². The fraction of sp³-hybridized carbons (Fsp3) is 0.385. The van der Waals surface area contributed by atoms with E-state index < -0.39 is 28.7 Å². The van der Waals surface area contributed by atoms with Crippen LogP contribution in [0.3, 0.4) is 0 Å². The van der Waals surface area contributed by atoms with E-state index >= 15 is 0 Å². The van der Waals surface area contributed by atoms with Crippen molar-refractivity contribution in [3.63, 3.8) is 0 Å². The third-order valence-corrected chi connectivity index (χ3v) is 3.52. The quantitative estimate of drug-likeness (QED) is 0.527. The summed E-state index contributed by atoms with van der Waals surface area (Å²) >= 11 is 0. The molecule has 0 unspecified atom stereocenters. The van der Waals surface area contributed by atoms with Crippen LogP contribution < -0.4 is 5.32 Å². The Kier molecular flexibility index (Phi) is 4.16. The predicted molar refractivity (Wildman–Crippen MR) is 68.4 cm³/mol. The number of fused-ring (bicyclic) bond motifs is 1. The lowest BCUT2D eigenvalue weighted by Gasteiger charge is -2.26. The molecule has 9 heteroatoms. The van der Waals surface area contributed by atoms with Crippen LogP contribution in [0.4, 0.5) is 18.9 Å². The lowest BCUT2D eigenvalue weighted by molar-refractivity contribution is -0.385. The van der Waals surface area contributed by atoms with Gasteiger partial charge in [0.1, 0.15) is 0 Å². The van der Waals surface area contributed by atoms with E-state index in [9.17, 15) is 32.9 Å². The van der Waals surface area contributed by atoms with Crippen LogP contribution >= 0.6 is 0 Å². The van der Waals surface area contributed by atoms with E-state index in [2.05, 4.69) is 0 Å². The topological polar surface area (TPSA) is 89.3 Å². The zero-order valence-electron chi connectivity index (χ0n) is 11.1. The minimum atomic E-state index is -5.02. The van der Waals surface area contributed by atoms with E-state index in [1.165, 1.54) is 12.1 Å². The Labute approximate surface area is 122 Å². The van der Waals surface area contributed by atoms with E-state index in [4.69, 9.17) is 0 Å². The van der Waals surface area contributed by atoms with Crippen LogP contribution in [0.15, 0.2) is 12.1 Å². The van der Waals surface area contributed by atoms with Crippen molar-refractivity contribution in [2.24, 2.45) is 0 Å². The summed E-state index contributed by atoms with van der Waals surface area (Å²) in [6.45, 7) is 0. The Morgan fingerprint density at radius 3 is 2.64 bits per heavy atom. The van der Waals surface area contributed by atoms with Gasteiger partial charge in [-0.2, -0.15) is 13.2 Å². The Morgan fingerprint density at radius 1 is 1.41 bits per heavy atom. The minimum Gasteiger partial charge on any atom is -0.341 e. The molecule has 0 saturated heterocycles. The molecule has 0 saturated carbocycles. The van der Waals surface area contributed by atoms with Crippen LogP contribution in [-0.4, -0.2) is 23.3 Å². The molecule has 1 aromatic rings. The first-order chi connectivity index (χ1) is 10.3. The van der Waals surface area contributed by atoms with Gasteiger partial charge in [0.05, 0.1) is 16.5 Å². The number of benzene rings is 1. The number of carbonyl (C=O) groups is 2. The first-order valence-corrected chi connectivity index (χ1v) is 6.38. The maximum atomic E-state index is 12.3. The molecule has 118 valence electrons. The molecule has 0 spiro atoms. The molecular weight excluding hydrogens is 305 g/mol. The van der Waals surface area contributed by atoms with Gasteiger partial charge in [0.2, 0.25) is 0 Å². The standard InChI is InChI=1S/C13H11F3N2O4/c14-13(15,16)12(20)17-10-3-1-2-9-8(10)5-4-7(6-19)11(9)18(21)22/h4-6,10H,1-3H2,(H,17,20)/t10-/m1/s1. The molecule has 2 rings (SSSR count). The Balaban J connectivity index is 2.44. The molecule has 0 aromatic heterocycles. The zero-order chi connectivity index (χ0) is 16.5. The molecule has 0 bridgehead atoms. The third kappa shape index (κ3) is 2.92. The first-order valence-electron chi connectivity index (χ1n) is 6.38. The number of hydrogen-bond acceptors (Lipinski definition) is 4. The van der Waals surface area contributed by atoms with Crippen molar-refractivity contribution in [2.45, 2.75) is 31.5 Å². The van der Waals surface area contributed by atoms with Gasteiger partial charge < -0.3 is 5.32 Å². The average Bonchev–Trinajstić information content (AvgIpc) is 2.44. The Morgan fingerprint density at radius 2 is 2.09 bits per heavy atom. The highest BCUT2D eigenvalue weighted by atomic mass is 19.4. The molecule has 0 fully saturated rings. The van der Waals surface area contributed by atoms with Crippen molar-refractivity contribution in [3.8, 4) is 0 Å². The summed E-state index contributed by atoms with van der Waals surface area (Å²) in [7, 11) is 0. The van der Waals surface area contributed by atoms with Crippen molar-refractivity contribution >= 4 is 17.9 Å². The molecule has 0 aliphatic heterocycles. The van der Waals surface area contributed by atoms with E-state index in [0.717, 1.165) is 0 Å². The third-order valence-electron chi connectivity index (χ3n) is 3.52. The number of nitrogens with one attached hydrogen (secondary N) is 1. The van der Waals surface area contributed by atoms with Gasteiger partial charge in [0, 0.05) is 5.56 Å². The second-order valence-electron chi connectivity index (χ2n) is 4.86. The van der Waals surface area contributed by atoms with Crippen LogP contribution in [-0.2, 0) is 11.2 Å². The van der Waals surface area contributed by atoms with E-state index in [1.54, 1.807) is 0 Å². The summed E-state index contributed by atoms with van der Waals surface area (Å²) in [5.41, 5.74) is -0.0838. The molecule has 1 aliphatic carbocycles. The predicted octanol–water partition coefficient (Wildman–Crippen LogP) is 2.46. The van der Waals surface area contributed by atoms with Gasteiger partial charge in [-0.1, -0.05) is 6.07 Å². The summed E-state index contributed by atoms with van der Waals surface area (Å²) in [6.07, 6.45) is -3.81. The van der Waals surface area contributed by atoms with Crippen molar-refractivity contribution in [1.82, 2.24) is 5.32 Å². The van der Waals surface area contributed by atoms with Gasteiger partial charge in [-0.3, -0.25) is 19.7 Å². The fourth-order valence-corrected chi connectivity index (χ4v) is 2.60. The smallest absolute Gasteiger partial charge is 0.341 e. The number of halogens is 3. The number of carbonyl (C=O) groups excluding carboxylic acids is 2. The monoisotopic (exact) mass is 316 g/mol. The lowest BCUT2D eigenvalue weighted by atomic mass is 9.85. The molecule has 1 atom stereocenters. The number of nitro groups is 1. The molecule has 1 N–H and O–H groups in total. The van der Waals surface area contributed by atoms with Crippen molar-refractivity contribution in [1.29, 1.82) is 0 Å². The highest BCUT2D eigenvalue weighted by molar-refractivity contribution is 5.84. The molecule has 1 aromatic carbocycles. The van der Waals surface area contributed by atoms with E-state index in [-0.39, 0.29) is 29.5 Å². The number of hydrogen-bond donors (Lipinski definition) is 1. The molecule has 1 aliphatic rings. The van der Waals surface area contributed by atoms with Crippen molar-refractivity contribution in [2.75, 3.05) is 0 Å². The maximum absolute atomic E-state index is 12.3. The molecule has 0 radical (unpaired) electrons. The summed E-state index contributed by atoms with van der Waals surface area (Å²) in [4.78, 5) is 32.3. The van der Waals surface area contributed by atoms with Gasteiger partial charge in [0.25, 0.3) is 5.69 Å². The van der Waals surface area contributed by atoms with Crippen molar-refractivity contribution < 1.29 is 27.7 Å². The number of aldehydes is 1. The Hall–Kier alpha value is -2.45. The number of nitro benzene ring substituents is 1. The van der Waals surface area contributed by atoms with Gasteiger partial charge in [-0.25, -0.2) is 0 Å². The highest BCUT2D eigenvalue weighted by Gasteiger charge is 2.41. The van der Waals surface area contributed by atoms with E-state index in [1.807, 2.05) is 5.32 Å². The van der Waals surface area contributed by atoms with Gasteiger partial charge in [0.15, 0.2) is 6.29 Å². The highest BCUT2D eigenvalue weighted by Crippen LogP contribution is 2.37. The molecular formula is C13H11F3N2O4. The minimum absolute atomic E-state index is 0.133. The Bertz CT molecular complexity index is 643. The van der Waals surface area contributed by atoms with Gasteiger partial charge in [-0.05, 0) is 30.9 Å². The maximum Gasteiger partial charge on any atom is 0.471 e. The average molecular weight is 316 g/mol. The van der Waals surface area contributed by atoms with Gasteiger partial charge in [-0.15, -0.1) is 0 Å². The molecule has 6 nitrogen and oxygen atoms in total. The summed E-state index contributed by atoms with van der Waals surface area (Å²) in [5, 5.41) is 13.0.